The van der Waals surface area contributed by atoms with E-state index in [4.69, 9.17) is 9.72 Å². The molecule has 1 saturated heterocycles. The molecule has 5 rings (SSSR count). The first-order valence-corrected chi connectivity index (χ1v) is 11.4. The summed E-state index contributed by atoms with van der Waals surface area (Å²) in [5.41, 5.74) is 4.09. The quantitative estimate of drug-likeness (QED) is 0.450. The number of imidazole rings is 1. The van der Waals surface area contributed by atoms with Crippen molar-refractivity contribution in [3.63, 3.8) is 0 Å². The lowest BCUT2D eigenvalue weighted by Crippen LogP contribution is -2.36. The summed E-state index contributed by atoms with van der Waals surface area (Å²) in [6.45, 7) is 10.5. The van der Waals surface area contributed by atoms with E-state index in [0.717, 1.165) is 22.6 Å². The van der Waals surface area contributed by atoms with Crippen molar-refractivity contribution in [3.05, 3.63) is 58.3 Å². The molecule has 1 fully saturated rings. The SMILES string of the molecule is Cc1cn2nc(-c3ccc4c(=O)n([C@@H]5CCN(C(=O)OC(C)(C)C)C5)ccc4n3)cc(C)c2n1. The maximum absolute atomic E-state index is 13.3. The topological polar surface area (TPSA) is 94.6 Å². The third-order valence-electron chi connectivity index (χ3n) is 5.98. The molecule has 0 spiro atoms. The van der Waals surface area contributed by atoms with Gasteiger partial charge in [0.2, 0.25) is 0 Å². The van der Waals surface area contributed by atoms with Gasteiger partial charge in [0, 0.05) is 19.3 Å². The maximum atomic E-state index is 13.3. The van der Waals surface area contributed by atoms with E-state index in [9.17, 15) is 9.59 Å². The van der Waals surface area contributed by atoms with Gasteiger partial charge in [0.05, 0.1) is 34.5 Å². The van der Waals surface area contributed by atoms with E-state index in [1.165, 1.54) is 0 Å². The summed E-state index contributed by atoms with van der Waals surface area (Å²) >= 11 is 0. The van der Waals surface area contributed by atoms with Crippen LogP contribution in [0.15, 0.2) is 41.5 Å². The highest BCUT2D eigenvalue weighted by atomic mass is 16.6. The van der Waals surface area contributed by atoms with Crippen molar-refractivity contribution in [2.24, 2.45) is 0 Å². The number of nitrogens with zero attached hydrogens (tertiary/aromatic N) is 6. The zero-order chi connectivity index (χ0) is 24.2. The summed E-state index contributed by atoms with van der Waals surface area (Å²) < 4.78 is 8.95. The number of hydrogen-bond donors (Lipinski definition) is 0. The number of pyridine rings is 2. The fourth-order valence-corrected chi connectivity index (χ4v) is 4.40. The minimum Gasteiger partial charge on any atom is -0.444 e. The fraction of sp³-hybridized carbons (Fsp3) is 0.400. The van der Waals surface area contributed by atoms with Gasteiger partial charge in [0.1, 0.15) is 11.3 Å². The van der Waals surface area contributed by atoms with E-state index >= 15 is 0 Å². The number of aryl methyl sites for hydroxylation is 2. The number of fused-ring (bicyclic) bond motifs is 2. The highest BCUT2D eigenvalue weighted by Crippen LogP contribution is 2.25. The van der Waals surface area contributed by atoms with Crippen LogP contribution in [-0.2, 0) is 4.74 Å². The number of likely N-dealkylation sites (tertiary alicyclic amines) is 1. The van der Waals surface area contributed by atoms with Gasteiger partial charge < -0.3 is 14.2 Å². The molecular formula is C25H28N6O3. The van der Waals surface area contributed by atoms with Gasteiger partial charge in [-0.25, -0.2) is 19.3 Å². The van der Waals surface area contributed by atoms with Gasteiger partial charge in [-0.05, 0) is 70.9 Å². The van der Waals surface area contributed by atoms with Gasteiger partial charge in [0.15, 0.2) is 5.65 Å². The lowest BCUT2D eigenvalue weighted by molar-refractivity contribution is 0.0289. The molecule has 0 unspecified atom stereocenters. The molecule has 0 bridgehead atoms. The summed E-state index contributed by atoms with van der Waals surface area (Å²) in [4.78, 5) is 36.5. The minimum atomic E-state index is -0.549. The molecule has 0 aromatic carbocycles. The Morgan fingerprint density at radius 3 is 2.68 bits per heavy atom. The van der Waals surface area contributed by atoms with Crippen LogP contribution < -0.4 is 5.56 Å². The van der Waals surface area contributed by atoms with E-state index in [1.54, 1.807) is 26.2 Å². The molecule has 0 N–H and O–H groups in total. The van der Waals surface area contributed by atoms with Crippen LogP contribution in [0, 0.1) is 13.8 Å². The third-order valence-corrected chi connectivity index (χ3v) is 5.98. The molecule has 9 nitrogen and oxygen atoms in total. The summed E-state index contributed by atoms with van der Waals surface area (Å²) in [6, 6.07) is 7.34. The number of carbonyl (C=O) groups is 1. The van der Waals surface area contributed by atoms with Crippen LogP contribution in [0.25, 0.3) is 27.9 Å². The van der Waals surface area contributed by atoms with Crippen LogP contribution in [0.5, 0.6) is 0 Å². The van der Waals surface area contributed by atoms with Gasteiger partial charge in [-0.2, -0.15) is 5.10 Å². The molecule has 5 heterocycles. The fourth-order valence-electron chi connectivity index (χ4n) is 4.40. The molecular weight excluding hydrogens is 432 g/mol. The Kier molecular flexibility index (Phi) is 5.15. The highest BCUT2D eigenvalue weighted by molar-refractivity contribution is 5.80. The second kappa shape index (κ2) is 7.93. The summed E-state index contributed by atoms with van der Waals surface area (Å²) in [7, 11) is 0. The monoisotopic (exact) mass is 460 g/mol. The molecule has 34 heavy (non-hydrogen) atoms. The Morgan fingerprint density at radius 2 is 1.91 bits per heavy atom. The maximum Gasteiger partial charge on any atom is 0.410 e. The number of rotatable bonds is 2. The first-order valence-electron chi connectivity index (χ1n) is 11.4. The molecule has 1 amide bonds. The molecule has 176 valence electrons. The summed E-state index contributed by atoms with van der Waals surface area (Å²) in [5.74, 6) is 0. The predicted molar refractivity (Wildman–Crippen MR) is 129 cm³/mol. The first kappa shape index (κ1) is 22.1. The third kappa shape index (κ3) is 4.02. The van der Waals surface area contributed by atoms with Crippen LogP contribution in [0.3, 0.4) is 0 Å². The molecule has 4 aromatic heterocycles. The zero-order valence-electron chi connectivity index (χ0n) is 20.1. The summed E-state index contributed by atoms with van der Waals surface area (Å²) in [5, 5.41) is 5.19. The average Bonchev–Trinajstić information content (AvgIpc) is 3.39. The van der Waals surface area contributed by atoms with E-state index in [0.29, 0.717) is 36.1 Å². The minimum absolute atomic E-state index is 0.0969. The molecule has 4 aromatic rings. The molecule has 0 aliphatic carbocycles. The van der Waals surface area contributed by atoms with E-state index in [2.05, 4.69) is 10.1 Å². The van der Waals surface area contributed by atoms with Crippen molar-refractivity contribution in [2.75, 3.05) is 13.1 Å². The van der Waals surface area contributed by atoms with E-state index in [-0.39, 0.29) is 17.7 Å². The standard InChI is InChI=1S/C25H28N6O3/c1-15-12-21(28-31-13-16(2)26-22(15)31)20-7-6-18-19(27-20)9-11-30(23(18)32)17-8-10-29(14-17)24(33)34-25(3,4)5/h6-7,9,11-13,17H,8,10,14H2,1-5H3/t17-/m1/s1. The number of amides is 1. The van der Waals surface area contributed by atoms with Gasteiger partial charge in [-0.3, -0.25) is 4.79 Å². The van der Waals surface area contributed by atoms with Crippen LogP contribution >= 0.6 is 0 Å². The van der Waals surface area contributed by atoms with E-state index in [1.807, 2.05) is 59.0 Å². The van der Waals surface area contributed by atoms with Gasteiger partial charge >= 0.3 is 6.09 Å². The lowest BCUT2D eigenvalue weighted by Gasteiger charge is -2.24. The van der Waals surface area contributed by atoms with Crippen LogP contribution in [0.1, 0.15) is 44.5 Å². The molecule has 1 aliphatic heterocycles. The van der Waals surface area contributed by atoms with Crippen LogP contribution in [0.2, 0.25) is 0 Å². The Hall–Kier alpha value is -3.75. The summed E-state index contributed by atoms with van der Waals surface area (Å²) in [6.07, 6.45) is 4.01. The molecule has 1 atom stereocenters. The molecule has 1 aliphatic rings. The largest absolute Gasteiger partial charge is 0.444 e. The predicted octanol–water partition coefficient (Wildman–Crippen LogP) is 3.90. The Morgan fingerprint density at radius 1 is 1.12 bits per heavy atom. The van der Waals surface area contributed by atoms with E-state index < -0.39 is 5.60 Å². The van der Waals surface area contributed by atoms with Gasteiger partial charge in [-0.15, -0.1) is 0 Å². The number of carbonyl (C=O) groups excluding carboxylic acids is 1. The average molecular weight is 461 g/mol. The molecule has 9 heteroatoms. The smallest absolute Gasteiger partial charge is 0.410 e. The van der Waals surface area contributed by atoms with Crippen molar-refractivity contribution in [1.29, 1.82) is 0 Å². The van der Waals surface area contributed by atoms with Crippen molar-refractivity contribution in [3.8, 4) is 11.4 Å². The Labute approximate surface area is 197 Å². The zero-order valence-corrected chi connectivity index (χ0v) is 20.1. The number of aromatic nitrogens is 5. The Bertz CT molecular complexity index is 1480. The Balaban J connectivity index is 1.44. The van der Waals surface area contributed by atoms with Crippen LogP contribution in [-0.4, -0.2) is 53.8 Å². The van der Waals surface area contributed by atoms with Crippen molar-refractivity contribution < 1.29 is 9.53 Å². The number of ether oxygens (including phenoxy) is 1. The van der Waals surface area contributed by atoms with Crippen molar-refractivity contribution >= 4 is 22.6 Å². The normalized spacial score (nSPS) is 16.5. The first-order chi connectivity index (χ1) is 16.1. The highest BCUT2D eigenvalue weighted by Gasteiger charge is 2.31. The number of hydrogen-bond acceptors (Lipinski definition) is 6. The second-order valence-electron chi connectivity index (χ2n) is 9.89. The van der Waals surface area contributed by atoms with Gasteiger partial charge in [0.25, 0.3) is 5.56 Å². The second-order valence-corrected chi connectivity index (χ2v) is 9.89. The lowest BCUT2D eigenvalue weighted by atomic mass is 10.1. The van der Waals surface area contributed by atoms with Gasteiger partial charge in [-0.1, -0.05) is 0 Å². The van der Waals surface area contributed by atoms with Crippen molar-refractivity contribution in [1.82, 2.24) is 29.0 Å². The van der Waals surface area contributed by atoms with Crippen molar-refractivity contribution in [2.45, 2.75) is 52.7 Å². The molecule has 0 saturated carbocycles. The van der Waals surface area contributed by atoms with Crippen LogP contribution in [0.4, 0.5) is 4.79 Å². The molecule has 0 radical (unpaired) electrons.